The van der Waals surface area contributed by atoms with E-state index >= 15 is 0 Å². The third-order valence-corrected chi connectivity index (χ3v) is 6.07. The van der Waals surface area contributed by atoms with Gasteiger partial charge in [-0.2, -0.15) is 0 Å². The summed E-state index contributed by atoms with van der Waals surface area (Å²) in [6.07, 6.45) is 4.82. The molecule has 10 heteroatoms. The number of methoxy groups -OCH3 is 3. The van der Waals surface area contributed by atoms with E-state index in [1.165, 1.54) is 44.5 Å². The van der Waals surface area contributed by atoms with Gasteiger partial charge in [-0.25, -0.2) is 9.80 Å². The lowest BCUT2D eigenvalue weighted by Gasteiger charge is -2.38. The third-order valence-electron chi connectivity index (χ3n) is 6.07. The minimum atomic E-state index is -0.673. The number of nitrogens with one attached hydrogen (secondary N) is 2. The molecule has 182 valence electrons. The van der Waals surface area contributed by atoms with Crippen LogP contribution < -0.4 is 25.2 Å². The van der Waals surface area contributed by atoms with Gasteiger partial charge in [0.25, 0.3) is 5.91 Å². The highest BCUT2D eigenvalue weighted by Gasteiger charge is 2.42. The van der Waals surface area contributed by atoms with Crippen molar-refractivity contribution in [3.8, 4) is 11.5 Å². The number of hydrazine groups is 1. The Morgan fingerprint density at radius 2 is 1.66 bits per heavy atom. The number of fused-ring (bicyclic) bond motifs is 1. The summed E-state index contributed by atoms with van der Waals surface area (Å²) >= 11 is 0. The molecule has 3 amide bonds. The van der Waals surface area contributed by atoms with Gasteiger partial charge in [-0.05, 0) is 31.0 Å². The minimum Gasteiger partial charge on any atom is -0.493 e. The standard InChI is InChI=1S/C25H25N3O7/c1-33-20-12-18(25(32)35-3)19(13-21(20)34-2)26-22(29)14-7-6-8-15(11-14)28-24(31)17-10-5-4-9-16(17)23(30)27-28/h4-8,11-13,16-17H,9-10H2,1-3H3,(H,26,29)(H,27,30)/t16-,17+/m1/s1. The molecule has 0 bridgehead atoms. The summed E-state index contributed by atoms with van der Waals surface area (Å²) in [5.41, 5.74) is 3.44. The molecule has 1 heterocycles. The molecule has 35 heavy (non-hydrogen) atoms. The van der Waals surface area contributed by atoms with E-state index in [0.717, 1.165) is 0 Å². The van der Waals surface area contributed by atoms with E-state index in [0.29, 0.717) is 30.0 Å². The number of amides is 3. The number of esters is 1. The number of hydrogen-bond acceptors (Lipinski definition) is 7. The van der Waals surface area contributed by atoms with Crippen molar-refractivity contribution in [2.24, 2.45) is 11.8 Å². The normalized spacial score (nSPS) is 18.9. The maximum Gasteiger partial charge on any atom is 0.340 e. The maximum atomic E-state index is 13.1. The molecule has 2 atom stereocenters. The van der Waals surface area contributed by atoms with Crippen LogP contribution in [0.25, 0.3) is 0 Å². The lowest BCUT2D eigenvalue weighted by molar-refractivity contribution is -0.139. The smallest absolute Gasteiger partial charge is 0.340 e. The number of hydrogen-bond donors (Lipinski definition) is 2. The predicted octanol–water partition coefficient (Wildman–Crippen LogP) is 2.70. The van der Waals surface area contributed by atoms with Gasteiger partial charge in [-0.3, -0.25) is 19.8 Å². The van der Waals surface area contributed by atoms with Crippen molar-refractivity contribution >= 4 is 35.1 Å². The van der Waals surface area contributed by atoms with Crippen LogP contribution in [0.2, 0.25) is 0 Å². The SMILES string of the molecule is COC(=O)c1cc(OC)c(OC)cc1NC(=O)c1cccc(N2NC(=O)[C@@H]3CC=CC[C@@H]3C2=O)c1. The maximum absolute atomic E-state index is 13.1. The second-order valence-corrected chi connectivity index (χ2v) is 8.05. The molecule has 0 unspecified atom stereocenters. The fraction of sp³-hybridized carbons (Fsp3) is 0.280. The molecular weight excluding hydrogens is 454 g/mol. The van der Waals surface area contributed by atoms with Crippen LogP contribution in [0.3, 0.4) is 0 Å². The molecule has 0 radical (unpaired) electrons. The van der Waals surface area contributed by atoms with E-state index in [1.54, 1.807) is 18.2 Å². The second kappa shape index (κ2) is 9.88. The van der Waals surface area contributed by atoms with Crippen LogP contribution in [0.4, 0.5) is 11.4 Å². The van der Waals surface area contributed by atoms with Crippen molar-refractivity contribution in [2.45, 2.75) is 12.8 Å². The van der Waals surface area contributed by atoms with Crippen LogP contribution in [-0.4, -0.2) is 45.0 Å². The van der Waals surface area contributed by atoms with Gasteiger partial charge < -0.3 is 19.5 Å². The molecule has 1 aliphatic heterocycles. The average molecular weight is 479 g/mol. The zero-order valence-corrected chi connectivity index (χ0v) is 19.5. The Labute approximate surface area is 201 Å². The number of ether oxygens (including phenoxy) is 3. The Balaban J connectivity index is 1.62. The molecule has 1 aliphatic carbocycles. The van der Waals surface area contributed by atoms with E-state index in [1.807, 2.05) is 12.2 Å². The molecule has 2 aromatic rings. The highest BCUT2D eigenvalue weighted by molar-refractivity contribution is 6.10. The van der Waals surface area contributed by atoms with Crippen LogP contribution in [0, 0.1) is 11.8 Å². The summed E-state index contributed by atoms with van der Waals surface area (Å²) in [5, 5.41) is 3.88. The first-order valence-corrected chi connectivity index (χ1v) is 10.9. The zero-order chi connectivity index (χ0) is 25.1. The van der Waals surface area contributed by atoms with Gasteiger partial charge >= 0.3 is 5.97 Å². The molecule has 1 saturated heterocycles. The zero-order valence-electron chi connectivity index (χ0n) is 19.5. The molecule has 2 N–H and O–H groups in total. The van der Waals surface area contributed by atoms with Crippen LogP contribution in [0.15, 0.2) is 48.6 Å². The van der Waals surface area contributed by atoms with E-state index in [9.17, 15) is 19.2 Å². The summed E-state index contributed by atoms with van der Waals surface area (Å²) in [4.78, 5) is 51.0. The van der Waals surface area contributed by atoms with Gasteiger partial charge in [-0.1, -0.05) is 18.2 Å². The highest BCUT2D eigenvalue weighted by atomic mass is 16.5. The van der Waals surface area contributed by atoms with Gasteiger partial charge in [0.2, 0.25) is 11.8 Å². The van der Waals surface area contributed by atoms with Crippen molar-refractivity contribution in [1.29, 1.82) is 0 Å². The lowest BCUT2D eigenvalue weighted by Crippen LogP contribution is -2.59. The van der Waals surface area contributed by atoms with Gasteiger partial charge in [-0.15, -0.1) is 0 Å². The lowest BCUT2D eigenvalue weighted by atomic mass is 9.80. The number of nitrogens with zero attached hydrogens (tertiary/aromatic N) is 1. The molecule has 2 aliphatic rings. The Bertz CT molecular complexity index is 1220. The van der Waals surface area contributed by atoms with E-state index in [2.05, 4.69) is 10.7 Å². The Hall–Kier alpha value is -4.34. The van der Waals surface area contributed by atoms with Gasteiger partial charge in [0.05, 0.1) is 50.1 Å². The van der Waals surface area contributed by atoms with Crippen molar-refractivity contribution < 1.29 is 33.4 Å². The van der Waals surface area contributed by atoms with Crippen LogP contribution >= 0.6 is 0 Å². The molecule has 0 spiro atoms. The van der Waals surface area contributed by atoms with Crippen molar-refractivity contribution in [1.82, 2.24) is 5.43 Å². The molecular formula is C25H25N3O7. The first-order valence-electron chi connectivity index (χ1n) is 10.9. The van der Waals surface area contributed by atoms with Crippen molar-refractivity contribution in [2.75, 3.05) is 31.7 Å². The average Bonchev–Trinajstić information content (AvgIpc) is 2.90. The van der Waals surface area contributed by atoms with E-state index in [-0.39, 0.29) is 28.6 Å². The highest BCUT2D eigenvalue weighted by Crippen LogP contribution is 2.35. The monoisotopic (exact) mass is 479 g/mol. The number of anilines is 2. The molecule has 10 nitrogen and oxygen atoms in total. The largest absolute Gasteiger partial charge is 0.493 e. The number of carbonyl (C=O) groups is 4. The first kappa shape index (κ1) is 23.8. The molecule has 0 saturated carbocycles. The van der Waals surface area contributed by atoms with Gasteiger partial charge in [0, 0.05) is 17.7 Å². The van der Waals surface area contributed by atoms with E-state index < -0.39 is 23.7 Å². The minimum absolute atomic E-state index is 0.0736. The number of benzene rings is 2. The van der Waals surface area contributed by atoms with E-state index in [4.69, 9.17) is 14.2 Å². The fourth-order valence-electron chi connectivity index (χ4n) is 4.22. The summed E-state index contributed by atoms with van der Waals surface area (Å²) in [7, 11) is 4.08. The third kappa shape index (κ3) is 4.54. The van der Waals surface area contributed by atoms with Crippen molar-refractivity contribution in [3.63, 3.8) is 0 Å². The van der Waals surface area contributed by atoms with Gasteiger partial charge in [0.1, 0.15) is 0 Å². The molecule has 1 fully saturated rings. The Morgan fingerprint density at radius 3 is 2.34 bits per heavy atom. The summed E-state index contributed by atoms with van der Waals surface area (Å²) < 4.78 is 15.3. The van der Waals surface area contributed by atoms with Crippen LogP contribution in [0.5, 0.6) is 11.5 Å². The summed E-state index contributed by atoms with van der Waals surface area (Å²) in [6.45, 7) is 0. The quantitative estimate of drug-likeness (QED) is 0.482. The Kier molecular flexibility index (Phi) is 6.72. The topological polar surface area (TPSA) is 123 Å². The van der Waals surface area contributed by atoms with Gasteiger partial charge in [0.15, 0.2) is 11.5 Å². The number of rotatable bonds is 6. The molecule has 2 aromatic carbocycles. The fourth-order valence-corrected chi connectivity index (χ4v) is 4.22. The number of allylic oxidation sites excluding steroid dienone is 2. The number of carbonyl (C=O) groups excluding carboxylic acids is 4. The second-order valence-electron chi connectivity index (χ2n) is 8.05. The van der Waals surface area contributed by atoms with Crippen LogP contribution in [-0.2, 0) is 14.3 Å². The molecule has 0 aromatic heterocycles. The predicted molar refractivity (Wildman–Crippen MR) is 126 cm³/mol. The first-order chi connectivity index (χ1) is 16.9. The van der Waals surface area contributed by atoms with Crippen molar-refractivity contribution in [3.05, 3.63) is 59.7 Å². The summed E-state index contributed by atoms with van der Waals surface area (Å²) in [6, 6.07) is 9.15. The van der Waals surface area contributed by atoms with Crippen LogP contribution in [0.1, 0.15) is 33.6 Å². The Morgan fingerprint density at radius 1 is 0.971 bits per heavy atom. The molecule has 4 rings (SSSR count). The summed E-state index contributed by atoms with van der Waals surface area (Å²) in [5.74, 6) is -1.92.